The minimum Gasteiger partial charge on any atom is -0.311 e. The van der Waals surface area contributed by atoms with Gasteiger partial charge >= 0.3 is 0 Å². The van der Waals surface area contributed by atoms with Crippen LogP contribution in [0.1, 0.15) is 16.7 Å². The molecular weight excluding hydrogens is 260 g/mol. The van der Waals surface area contributed by atoms with Crippen molar-refractivity contribution in [1.29, 1.82) is 5.26 Å². The van der Waals surface area contributed by atoms with E-state index < -0.39 is 0 Å². The fourth-order valence-corrected chi connectivity index (χ4v) is 2.01. The predicted molar refractivity (Wildman–Crippen MR) is 74.8 cm³/mol. The molecular formula is C14H15ClN4. The first kappa shape index (κ1) is 13.6. The summed E-state index contributed by atoms with van der Waals surface area (Å²) >= 11 is 6.10. The largest absolute Gasteiger partial charge is 0.311 e. The van der Waals surface area contributed by atoms with Gasteiger partial charge in [-0.3, -0.25) is 4.68 Å². The molecule has 1 aromatic heterocycles. The molecule has 1 aromatic carbocycles. The molecule has 0 fully saturated rings. The van der Waals surface area contributed by atoms with Crippen molar-refractivity contribution < 1.29 is 0 Å². The van der Waals surface area contributed by atoms with Crippen LogP contribution >= 0.6 is 11.6 Å². The molecule has 0 aliphatic heterocycles. The second kappa shape index (κ2) is 6.37. The van der Waals surface area contributed by atoms with E-state index in [1.165, 1.54) is 0 Å². The molecule has 0 bridgehead atoms. The van der Waals surface area contributed by atoms with Gasteiger partial charge in [0.1, 0.15) is 0 Å². The van der Waals surface area contributed by atoms with Gasteiger partial charge in [0, 0.05) is 24.3 Å². The van der Waals surface area contributed by atoms with Crippen LogP contribution in [0.3, 0.4) is 0 Å². The molecule has 0 saturated heterocycles. The molecule has 2 aromatic rings. The van der Waals surface area contributed by atoms with Gasteiger partial charge in [-0.15, -0.1) is 0 Å². The van der Waals surface area contributed by atoms with Crippen molar-refractivity contribution in [1.82, 2.24) is 15.1 Å². The maximum Gasteiger partial charge on any atom is 0.0992 e. The number of halogens is 1. The lowest BCUT2D eigenvalue weighted by Crippen LogP contribution is -2.19. The zero-order valence-electron chi connectivity index (χ0n) is 10.7. The van der Waals surface area contributed by atoms with Crippen LogP contribution < -0.4 is 5.32 Å². The summed E-state index contributed by atoms with van der Waals surface area (Å²) in [6, 6.07) is 7.42. The topological polar surface area (TPSA) is 53.6 Å². The molecule has 0 unspecified atom stereocenters. The van der Waals surface area contributed by atoms with Crippen LogP contribution in [0.25, 0.3) is 0 Å². The quantitative estimate of drug-likeness (QED) is 0.853. The number of aromatic nitrogens is 2. The Morgan fingerprint density at radius 2 is 2.32 bits per heavy atom. The number of benzene rings is 1. The number of aryl methyl sites for hydroxylation is 1. The number of hydrogen-bond donors (Lipinski definition) is 1. The van der Waals surface area contributed by atoms with Gasteiger partial charge in [0.15, 0.2) is 0 Å². The van der Waals surface area contributed by atoms with Crippen molar-refractivity contribution >= 4 is 11.6 Å². The van der Waals surface area contributed by atoms with Gasteiger partial charge < -0.3 is 5.32 Å². The molecule has 0 atom stereocenters. The third-order valence-corrected chi connectivity index (χ3v) is 3.13. The third kappa shape index (κ3) is 3.82. The molecule has 0 aliphatic rings. The summed E-state index contributed by atoms with van der Waals surface area (Å²) in [6.45, 7) is 4.34. The van der Waals surface area contributed by atoms with E-state index in [0.29, 0.717) is 17.1 Å². The Labute approximate surface area is 117 Å². The zero-order chi connectivity index (χ0) is 13.7. The Kier molecular flexibility index (Phi) is 4.56. The van der Waals surface area contributed by atoms with Gasteiger partial charge in [0.2, 0.25) is 0 Å². The lowest BCUT2D eigenvalue weighted by atomic mass is 10.1. The number of rotatable bonds is 5. The Hall–Kier alpha value is -1.83. The Balaban J connectivity index is 1.81. The van der Waals surface area contributed by atoms with Crippen molar-refractivity contribution in [3.63, 3.8) is 0 Å². The van der Waals surface area contributed by atoms with Crippen LogP contribution in [-0.2, 0) is 13.1 Å². The summed E-state index contributed by atoms with van der Waals surface area (Å²) in [6.07, 6.45) is 3.86. The van der Waals surface area contributed by atoms with E-state index >= 15 is 0 Å². The van der Waals surface area contributed by atoms with Crippen LogP contribution in [0.5, 0.6) is 0 Å². The van der Waals surface area contributed by atoms with Crippen molar-refractivity contribution in [3.05, 3.63) is 52.3 Å². The fourth-order valence-electron chi connectivity index (χ4n) is 1.77. The first-order valence-electron chi connectivity index (χ1n) is 6.07. The molecule has 2 rings (SSSR count). The molecule has 1 N–H and O–H groups in total. The summed E-state index contributed by atoms with van der Waals surface area (Å²) in [7, 11) is 0. The fraction of sp³-hybridized carbons (Fsp3) is 0.286. The van der Waals surface area contributed by atoms with E-state index in [-0.39, 0.29) is 0 Å². The molecule has 0 amide bonds. The van der Waals surface area contributed by atoms with Crippen LogP contribution in [0, 0.1) is 18.3 Å². The monoisotopic (exact) mass is 274 g/mol. The molecule has 19 heavy (non-hydrogen) atoms. The number of nitrogens with zero attached hydrogens (tertiary/aromatic N) is 3. The molecule has 1 heterocycles. The van der Waals surface area contributed by atoms with E-state index in [1.807, 2.05) is 30.1 Å². The lowest BCUT2D eigenvalue weighted by Gasteiger charge is -2.07. The Morgan fingerprint density at radius 1 is 1.47 bits per heavy atom. The van der Waals surface area contributed by atoms with Crippen molar-refractivity contribution in [2.75, 3.05) is 6.54 Å². The maximum atomic E-state index is 8.76. The third-order valence-electron chi connectivity index (χ3n) is 2.78. The molecule has 0 saturated carbocycles. The second-order valence-electron chi connectivity index (χ2n) is 4.38. The highest BCUT2D eigenvalue weighted by atomic mass is 35.5. The highest BCUT2D eigenvalue weighted by molar-refractivity contribution is 6.31. The number of hydrogen-bond acceptors (Lipinski definition) is 3. The number of nitriles is 1. The van der Waals surface area contributed by atoms with Crippen molar-refractivity contribution in [3.8, 4) is 6.07 Å². The lowest BCUT2D eigenvalue weighted by molar-refractivity contribution is 0.554. The highest BCUT2D eigenvalue weighted by Crippen LogP contribution is 2.17. The Morgan fingerprint density at radius 3 is 2.95 bits per heavy atom. The average Bonchev–Trinajstić information content (AvgIpc) is 2.82. The van der Waals surface area contributed by atoms with Crippen LogP contribution in [-0.4, -0.2) is 16.3 Å². The molecule has 5 heteroatoms. The summed E-state index contributed by atoms with van der Waals surface area (Å²) in [5, 5.41) is 16.9. The van der Waals surface area contributed by atoms with E-state index in [2.05, 4.69) is 16.5 Å². The first-order chi connectivity index (χ1) is 9.19. The van der Waals surface area contributed by atoms with E-state index in [1.54, 1.807) is 12.1 Å². The van der Waals surface area contributed by atoms with Crippen molar-refractivity contribution in [2.45, 2.75) is 20.0 Å². The maximum absolute atomic E-state index is 8.76. The Bertz CT molecular complexity index is 598. The summed E-state index contributed by atoms with van der Waals surface area (Å²) in [4.78, 5) is 0. The van der Waals surface area contributed by atoms with Crippen LogP contribution in [0.15, 0.2) is 30.6 Å². The summed E-state index contributed by atoms with van der Waals surface area (Å²) in [5.41, 5.74) is 2.74. The van der Waals surface area contributed by atoms with Gasteiger partial charge in [-0.2, -0.15) is 10.4 Å². The zero-order valence-corrected chi connectivity index (χ0v) is 11.5. The van der Waals surface area contributed by atoms with E-state index in [0.717, 1.165) is 24.2 Å². The summed E-state index contributed by atoms with van der Waals surface area (Å²) in [5.74, 6) is 0. The van der Waals surface area contributed by atoms with Gasteiger partial charge in [0.25, 0.3) is 0 Å². The van der Waals surface area contributed by atoms with Gasteiger partial charge in [0.05, 0.1) is 24.4 Å². The normalized spacial score (nSPS) is 10.4. The SMILES string of the molecule is Cc1cnn(CCNCc2ccc(C#N)cc2Cl)c1. The average molecular weight is 275 g/mol. The van der Waals surface area contributed by atoms with E-state index in [9.17, 15) is 0 Å². The smallest absolute Gasteiger partial charge is 0.0992 e. The van der Waals surface area contributed by atoms with Crippen LogP contribution in [0.2, 0.25) is 5.02 Å². The predicted octanol–water partition coefficient (Wildman–Crippen LogP) is 2.51. The first-order valence-corrected chi connectivity index (χ1v) is 6.45. The molecule has 0 spiro atoms. The second-order valence-corrected chi connectivity index (χ2v) is 4.78. The molecule has 4 nitrogen and oxygen atoms in total. The minimum atomic E-state index is 0.584. The van der Waals surface area contributed by atoms with Gasteiger partial charge in [-0.05, 0) is 30.2 Å². The van der Waals surface area contributed by atoms with E-state index in [4.69, 9.17) is 16.9 Å². The van der Waals surface area contributed by atoms with Crippen LogP contribution in [0.4, 0.5) is 0 Å². The standard InChI is InChI=1S/C14H15ClN4/c1-11-8-18-19(10-11)5-4-17-9-13-3-2-12(7-16)6-14(13)15/h2-3,6,8,10,17H,4-5,9H2,1H3. The molecule has 98 valence electrons. The van der Waals surface area contributed by atoms with Gasteiger partial charge in [-0.1, -0.05) is 17.7 Å². The molecule has 0 radical (unpaired) electrons. The minimum absolute atomic E-state index is 0.584. The van der Waals surface area contributed by atoms with Gasteiger partial charge in [-0.25, -0.2) is 0 Å². The highest BCUT2D eigenvalue weighted by Gasteiger charge is 2.01. The molecule has 0 aliphatic carbocycles. The summed E-state index contributed by atoms with van der Waals surface area (Å²) < 4.78 is 1.91. The number of nitrogens with one attached hydrogen (secondary N) is 1. The van der Waals surface area contributed by atoms with Crippen molar-refractivity contribution in [2.24, 2.45) is 0 Å².